The summed E-state index contributed by atoms with van der Waals surface area (Å²) in [5.41, 5.74) is 1.84. The topological polar surface area (TPSA) is 58.6 Å². The number of carbonyl (C=O) groups excluding carboxylic acids is 1. The monoisotopic (exact) mass is 209 g/mol. The van der Waals surface area contributed by atoms with Crippen molar-refractivity contribution in [2.45, 2.75) is 13.0 Å². The van der Waals surface area contributed by atoms with E-state index in [-0.39, 0.29) is 6.61 Å². The van der Waals surface area contributed by atoms with Crippen molar-refractivity contribution in [3.8, 4) is 0 Å². The van der Waals surface area contributed by atoms with Crippen LogP contribution in [0.3, 0.4) is 0 Å². The maximum atomic E-state index is 11.2. The lowest BCUT2D eigenvalue weighted by atomic mass is 10.2. The Balaban J connectivity index is 2.75. The number of aliphatic hydroxyl groups excluding tert-OH is 1. The quantitative estimate of drug-likeness (QED) is 0.725. The van der Waals surface area contributed by atoms with Crippen molar-refractivity contribution in [3.63, 3.8) is 0 Å². The van der Waals surface area contributed by atoms with E-state index in [2.05, 4.69) is 10.1 Å². The minimum absolute atomic E-state index is 0.291. The molecule has 0 fully saturated rings. The number of rotatable bonds is 4. The van der Waals surface area contributed by atoms with Crippen molar-refractivity contribution in [1.29, 1.82) is 0 Å². The second-order valence-corrected chi connectivity index (χ2v) is 3.22. The first-order valence-corrected chi connectivity index (χ1v) is 4.70. The Kier molecular flexibility index (Phi) is 4.12. The standard InChI is InChI=1S/C11H15NO3/c1-8-5-3-4-6-9(8)12-10(7-13)11(14)15-2/h3-6,10,12-13H,7H2,1-2H3. The van der Waals surface area contributed by atoms with Crippen molar-refractivity contribution in [3.05, 3.63) is 29.8 Å². The Labute approximate surface area is 88.9 Å². The Bertz CT molecular complexity index is 338. The lowest BCUT2D eigenvalue weighted by Crippen LogP contribution is -2.34. The first kappa shape index (κ1) is 11.5. The molecule has 0 aliphatic rings. The number of para-hydroxylation sites is 1. The van der Waals surface area contributed by atoms with Gasteiger partial charge in [0.05, 0.1) is 13.7 Å². The maximum absolute atomic E-state index is 11.2. The number of anilines is 1. The van der Waals surface area contributed by atoms with Gasteiger partial charge in [-0.1, -0.05) is 18.2 Å². The number of hydrogen-bond donors (Lipinski definition) is 2. The molecule has 0 aliphatic carbocycles. The second kappa shape index (κ2) is 5.36. The Morgan fingerprint density at radius 1 is 1.53 bits per heavy atom. The molecule has 0 saturated carbocycles. The zero-order chi connectivity index (χ0) is 11.3. The number of nitrogens with one attached hydrogen (secondary N) is 1. The molecule has 0 aromatic heterocycles. The largest absolute Gasteiger partial charge is 0.467 e. The summed E-state index contributed by atoms with van der Waals surface area (Å²) >= 11 is 0. The summed E-state index contributed by atoms with van der Waals surface area (Å²) in [5, 5.41) is 11.9. The molecule has 82 valence electrons. The third kappa shape index (κ3) is 2.95. The molecule has 0 saturated heterocycles. The van der Waals surface area contributed by atoms with Gasteiger partial charge in [-0.2, -0.15) is 0 Å². The highest BCUT2D eigenvalue weighted by Gasteiger charge is 2.17. The van der Waals surface area contributed by atoms with E-state index in [4.69, 9.17) is 5.11 Å². The van der Waals surface area contributed by atoms with Crippen LogP contribution < -0.4 is 5.32 Å². The number of carbonyl (C=O) groups is 1. The van der Waals surface area contributed by atoms with E-state index < -0.39 is 12.0 Å². The average Bonchev–Trinajstić information content (AvgIpc) is 2.27. The molecule has 15 heavy (non-hydrogen) atoms. The zero-order valence-electron chi connectivity index (χ0n) is 8.86. The highest BCUT2D eigenvalue weighted by atomic mass is 16.5. The molecule has 4 heteroatoms. The predicted molar refractivity (Wildman–Crippen MR) is 57.7 cm³/mol. The Morgan fingerprint density at radius 3 is 2.73 bits per heavy atom. The normalized spacial score (nSPS) is 11.9. The first-order valence-electron chi connectivity index (χ1n) is 4.70. The molecule has 2 N–H and O–H groups in total. The third-order valence-electron chi connectivity index (χ3n) is 2.14. The minimum atomic E-state index is -0.712. The summed E-state index contributed by atoms with van der Waals surface area (Å²) in [6, 6.07) is 6.83. The van der Waals surface area contributed by atoms with Gasteiger partial charge < -0.3 is 15.2 Å². The van der Waals surface area contributed by atoms with Gasteiger partial charge in [0, 0.05) is 5.69 Å². The first-order chi connectivity index (χ1) is 7.19. The van der Waals surface area contributed by atoms with Crippen LogP contribution in [0, 0.1) is 6.92 Å². The zero-order valence-corrected chi connectivity index (χ0v) is 8.86. The number of aryl methyl sites for hydroxylation is 1. The summed E-state index contributed by atoms with van der Waals surface area (Å²) in [6.45, 7) is 1.63. The van der Waals surface area contributed by atoms with Gasteiger partial charge in [-0.15, -0.1) is 0 Å². The molecule has 0 heterocycles. The number of hydrogen-bond acceptors (Lipinski definition) is 4. The van der Waals surface area contributed by atoms with Gasteiger partial charge in [0.1, 0.15) is 6.04 Å². The van der Waals surface area contributed by atoms with Gasteiger partial charge in [0.25, 0.3) is 0 Å². The summed E-state index contributed by atoms with van der Waals surface area (Å²) < 4.78 is 4.55. The fourth-order valence-corrected chi connectivity index (χ4v) is 1.24. The highest BCUT2D eigenvalue weighted by molar-refractivity contribution is 5.79. The second-order valence-electron chi connectivity index (χ2n) is 3.22. The Hall–Kier alpha value is -1.55. The molecule has 0 spiro atoms. The fraction of sp³-hybridized carbons (Fsp3) is 0.364. The SMILES string of the molecule is COC(=O)C(CO)Nc1ccccc1C. The summed E-state index contributed by atoms with van der Waals surface area (Å²) in [7, 11) is 1.30. The number of ether oxygens (including phenoxy) is 1. The van der Waals surface area contributed by atoms with Gasteiger partial charge in [0.15, 0.2) is 0 Å². The molecule has 1 unspecified atom stereocenters. The number of aliphatic hydroxyl groups is 1. The van der Waals surface area contributed by atoms with E-state index in [0.717, 1.165) is 11.3 Å². The molecule has 0 aliphatic heterocycles. The van der Waals surface area contributed by atoms with Crippen LogP contribution in [0.2, 0.25) is 0 Å². The number of esters is 1. The van der Waals surface area contributed by atoms with Crippen LogP contribution in [0.15, 0.2) is 24.3 Å². The molecule has 0 bridgehead atoms. The van der Waals surface area contributed by atoms with E-state index in [0.29, 0.717) is 0 Å². The molecule has 1 aromatic carbocycles. The van der Waals surface area contributed by atoms with E-state index in [1.165, 1.54) is 7.11 Å². The van der Waals surface area contributed by atoms with E-state index >= 15 is 0 Å². The average molecular weight is 209 g/mol. The molecular formula is C11H15NO3. The van der Waals surface area contributed by atoms with Crippen LogP contribution >= 0.6 is 0 Å². The molecule has 1 aromatic rings. The van der Waals surface area contributed by atoms with Gasteiger partial charge in [-0.05, 0) is 18.6 Å². The lowest BCUT2D eigenvalue weighted by molar-refractivity contribution is -0.142. The third-order valence-corrected chi connectivity index (χ3v) is 2.14. The summed E-state index contributed by atoms with van der Waals surface area (Å²) in [5.74, 6) is -0.472. The molecule has 0 amide bonds. The smallest absolute Gasteiger partial charge is 0.330 e. The fourth-order valence-electron chi connectivity index (χ4n) is 1.24. The van der Waals surface area contributed by atoms with E-state index in [9.17, 15) is 4.79 Å². The van der Waals surface area contributed by atoms with Crippen LogP contribution in [0.25, 0.3) is 0 Å². The van der Waals surface area contributed by atoms with Crippen molar-refractivity contribution in [2.75, 3.05) is 19.0 Å². The van der Waals surface area contributed by atoms with Crippen LogP contribution in [-0.2, 0) is 9.53 Å². The van der Waals surface area contributed by atoms with Gasteiger partial charge in [-0.25, -0.2) is 4.79 Å². The van der Waals surface area contributed by atoms with Gasteiger partial charge in [-0.3, -0.25) is 0 Å². The molecule has 1 atom stereocenters. The van der Waals surface area contributed by atoms with Crippen LogP contribution in [-0.4, -0.2) is 30.8 Å². The predicted octanol–water partition coefficient (Wildman–Crippen LogP) is 0.941. The van der Waals surface area contributed by atoms with Crippen molar-refractivity contribution < 1.29 is 14.6 Å². The van der Waals surface area contributed by atoms with E-state index in [1.807, 2.05) is 31.2 Å². The maximum Gasteiger partial charge on any atom is 0.330 e. The van der Waals surface area contributed by atoms with Crippen molar-refractivity contribution in [2.24, 2.45) is 0 Å². The Morgan fingerprint density at radius 2 is 2.20 bits per heavy atom. The number of methoxy groups -OCH3 is 1. The van der Waals surface area contributed by atoms with Gasteiger partial charge in [0.2, 0.25) is 0 Å². The summed E-state index contributed by atoms with van der Waals surface area (Å²) in [6.07, 6.45) is 0. The number of benzene rings is 1. The molecule has 4 nitrogen and oxygen atoms in total. The van der Waals surface area contributed by atoms with Gasteiger partial charge >= 0.3 is 5.97 Å². The van der Waals surface area contributed by atoms with Crippen molar-refractivity contribution >= 4 is 11.7 Å². The minimum Gasteiger partial charge on any atom is -0.467 e. The van der Waals surface area contributed by atoms with E-state index in [1.54, 1.807) is 0 Å². The van der Waals surface area contributed by atoms with Crippen LogP contribution in [0.5, 0.6) is 0 Å². The highest BCUT2D eigenvalue weighted by Crippen LogP contribution is 2.14. The molecule has 0 radical (unpaired) electrons. The van der Waals surface area contributed by atoms with Crippen LogP contribution in [0.1, 0.15) is 5.56 Å². The van der Waals surface area contributed by atoms with Crippen LogP contribution in [0.4, 0.5) is 5.69 Å². The molecule has 1 rings (SSSR count). The molecular weight excluding hydrogens is 194 g/mol. The lowest BCUT2D eigenvalue weighted by Gasteiger charge is -2.16. The van der Waals surface area contributed by atoms with Crippen molar-refractivity contribution in [1.82, 2.24) is 0 Å². The summed E-state index contributed by atoms with van der Waals surface area (Å²) in [4.78, 5) is 11.2.